The van der Waals surface area contributed by atoms with E-state index in [1.165, 1.54) is 109 Å². The van der Waals surface area contributed by atoms with Gasteiger partial charge in [-0.2, -0.15) is 0 Å². The van der Waals surface area contributed by atoms with E-state index in [1.807, 2.05) is 0 Å². The molecule has 0 amide bonds. The standard InChI is InChI=1S/C100H74BN3/c1-99(2,3)73-57-81(64-31-14-8-15-32-64)97(82(58-73)65-33-16-9-17-34-65)103-90-52-50-69(63-29-12-7-13-30-63)55-87(90)101-86-51-49-70(72-53-71-41-28-45-79-78-44-26-39-68-40-27-46-80(94(68)78)85(54-72)95(71)79)56-91(86)104(93-62-75(61-92(103)96(93)101)102-88-47-24-22-42-76(88)77-43-23-25-48-89(77)102)98-83(66-35-18-10-19-36-66)59-74(100(4,5)6)60-84(98)67-37-20-11-21-38-67/h7-62H,1-6H3. The molecule has 0 aliphatic carbocycles. The van der Waals surface area contributed by atoms with Crippen LogP contribution in [0, 0.1) is 0 Å². The van der Waals surface area contributed by atoms with Gasteiger partial charge in [-0.15, -0.1) is 0 Å². The van der Waals surface area contributed by atoms with Crippen LogP contribution in [0.15, 0.2) is 340 Å². The molecule has 0 spiro atoms. The second-order valence-corrected chi connectivity index (χ2v) is 30.7. The SMILES string of the molecule is CC(C)(C)c1cc(-c2ccccc2)c(N2c3ccc(-c4ccccc4)cc3B3c4ccc(-c5cc6cccc7c8cccc9cccc(c(c5)c67)c98)cc4N(c4c(-c5ccccc5)cc(C(C)(C)C)cc4-c4ccccc4)c4cc(-n5c6ccccc6c6ccccc65)cc2c43)c(-c2ccccc2)c1. The summed E-state index contributed by atoms with van der Waals surface area (Å²) in [6.45, 7) is 13.9. The summed E-state index contributed by atoms with van der Waals surface area (Å²) in [6, 6.07) is 129. The first-order chi connectivity index (χ1) is 50.9. The molecule has 17 aromatic carbocycles. The lowest BCUT2D eigenvalue weighted by atomic mass is 9.33. The Morgan fingerprint density at radius 2 is 0.644 bits per heavy atom. The number of fused-ring (bicyclic) bond motifs is 9. The van der Waals surface area contributed by atoms with Crippen LogP contribution in [-0.4, -0.2) is 11.3 Å². The van der Waals surface area contributed by atoms with Crippen molar-refractivity contribution >= 4 is 122 Å². The molecule has 0 saturated carbocycles. The Kier molecular flexibility index (Phi) is 13.9. The molecular formula is C100H74BN3. The molecule has 0 fully saturated rings. The maximum absolute atomic E-state index is 2.74. The van der Waals surface area contributed by atoms with Crippen LogP contribution in [0.3, 0.4) is 0 Å². The van der Waals surface area contributed by atoms with Crippen LogP contribution in [0.1, 0.15) is 52.7 Å². The predicted molar refractivity (Wildman–Crippen MR) is 446 cm³/mol. The van der Waals surface area contributed by atoms with E-state index in [-0.39, 0.29) is 17.5 Å². The van der Waals surface area contributed by atoms with Gasteiger partial charge in [0.15, 0.2) is 0 Å². The smallest absolute Gasteiger partial charge is 0.252 e. The Bertz CT molecular complexity index is 6300. The number of hydrogen-bond donors (Lipinski definition) is 0. The van der Waals surface area contributed by atoms with Crippen molar-refractivity contribution in [3.05, 3.63) is 351 Å². The molecule has 0 N–H and O–H groups in total. The van der Waals surface area contributed by atoms with Crippen molar-refractivity contribution in [1.29, 1.82) is 0 Å². The van der Waals surface area contributed by atoms with Crippen LogP contribution >= 0.6 is 0 Å². The summed E-state index contributed by atoms with van der Waals surface area (Å²) >= 11 is 0. The third kappa shape index (κ3) is 9.65. The molecule has 2 aliphatic rings. The monoisotopic (exact) mass is 1330 g/mol. The minimum Gasteiger partial charge on any atom is -0.310 e. The van der Waals surface area contributed by atoms with E-state index in [0.29, 0.717) is 0 Å². The van der Waals surface area contributed by atoms with Gasteiger partial charge in [0.1, 0.15) is 0 Å². The van der Waals surface area contributed by atoms with E-state index in [4.69, 9.17) is 0 Å². The number of para-hydroxylation sites is 2. The van der Waals surface area contributed by atoms with Gasteiger partial charge in [-0.25, -0.2) is 0 Å². The first-order valence-corrected chi connectivity index (χ1v) is 36.7. The molecule has 4 heteroatoms. The molecule has 0 radical (unpaired) electrons. The van der Waals surface area contributed by atoms with E-state index in [0.717, 1.165) is 89.8 Å². The average molecular weight is 1330 g/mol. The van der Waals surface area contributed by atoms with Crippen molar-refractivity contribution in [2.24, 2.45) is 0 Å². The molecule has 1 aromatic heterocycles. The van der Waals surface area contributed by atoms with E-state index in [9.17, 15) is 0 Å². The molecule has 0 atom stereocenters. The lowest BCUT2D eigenvalue weighted by molar-refractivity contribution is 0.590. The summed E-state index contributed by atoms with van der Waals surface area (Å²) in [7, 11) is 0. The molecule has 18 aromatic rings. The first-order valence-electron chi connectivity index (χ1n) is 36.7. The van der Waals surface area contributed by atoms with Crippen molar-refractivity contribution in [1.82, 2.24) is 4.57 Å². The van der Waals surface area contributed by atoms with E-state index in [1.54, 1.807) is 0 Å². The van der Waals surface area contributed by atoms with Crippen LogP contribution in [-0.2, 0) is 10.8 Å². The Hall–Kier alpha value is -12.5. The minimum absolute atomic E-state index is 0.193. The van der Waals surface area contributed by atoms with E-state index < -0.39 is 0 Å². The van der Waals surface area contributed by atoms with Crippen molar-refractivity contribution in [2.75, 3.05) is 9.80 Å². The van der Waals surface area contributed by atoms with Gasteiger partial charge in [-0.05, 0) is 199 Å². The van der Waals surface area contributed by atoms with Crippen LogP contribution < -0.4 is 26.2 Å². The summed E-state index contributed by atoms with van der Waals surface area (Å²) in [5, 5.41) is 12.6. The van der Waals surface area contributed by atoms with Gasteiger partial charge < -0.3 is 14.4 Å². The molecule has 104 heavy (non-hydrogen) atoms. The summed E-state index contributed by atoms with van der Waals surface area (Å²) in [6.07, 6.45) is 0. The average Bonchev–Trinajstić information content (AvgIpc) is 0.825. The molecule has 0 saturated heterocycles. The normalized spacial score (nSPS) is 12.8. The Labute approximate surface area is 608 Å². The second-order valence-electron chi connectivity index (χ2n) is 30.7. The quantitative estimate of drug-likeness (QED) is 0.0811. The fourth-order valence-corrected chi connectivity index (χ4v) is 17.6. The number of nitrogens with zero attached hydrogens (tertiary/aromatic N) is 3. The molecular weight excluding hydrogens is 1250 g/mol. The molecule has 0 unspecified atom stereocenters. The third-order valence-corrected chi connectivity index (χ3v) is 22.5. The van der Waals surface area contributed by atoms with Gasteiger partial charge in [0.2, 0.25) is 0 Å². The maximum atomic E-state index is 2.74. The molecule has 0 bridgehead atoms. The zero-order valence-electron chi connectivity index (χ0n) is 59.3. The molecule has 492 valence electrons. The van der Waals surface area contributed by atoms with Crippen LogP contribution in [0.2, 0.25) is 0 Å². The molecule has 20 rings (SSSR count). The summed E-state index contributed by atoms with van der Waals surface area (Å²) in [5.41, 5.74) is 29.9. The van der Waals surface area contributed by atoms with Gasteiger partial charge in [-0.1, -0.05) is 308 Å². The molecule has 3 heterocycles. The highest BCUT2D eigenvalue weighted by Crippen LogP contribution is 2.56. The topological polar surface area (TPSA) is 11.4 Å². The lowest BCUT2D eigenvalue weighted by Crippen LogP contribution is -2.61. The molecule has 3 nitrogen and oxygen atoms in total. The van der Waals surface area contributed by atoms with Crippen LogP contribution in [0.25, 0.3) is 137 Å². The number of benzene rings is 17. The zero-order valence-corrected chi connectivity index (χ0v) is 59.3. The predicted octanol–water partition coefficient (Wildman–Crippen LogP) is 25.5. The van der Waals surface area contributed by atoms with E-state index in [2.05, 4.69) is 396 Å². The van der Waals surface area contributed by atoms with Crippen molar-refractivity contribution in [2.45, 2.75) is 52.4 Å². The summed E-state index contributed by atoms with van der Waals surface area (Å²) < 4.78 is 2.55. The first kappa shape index (κ1) is 61.4. The fourth-order valence-electron chi connectivity index (χ4n) is 17.6. The van der Waals surface area contributed by atoms with Gasteiger partial charge in [0.25, 0.3) is 6.71 Å². The highest BCUT2D eigenvalue weighted by atomic mass is 15.2. The third-order valence-electron chi connectivity index (χ3n) is 22.5. The largest absolute Gasteiger partial charge is 0.310 e. The number of anilines is 6. The molecule has 2 aliphatic heterocycles. The van der Waals surface area contributed by atoms with Gasteiger partial charge >= 0.3 is 0 Å². The van der Waals surface area contributed by atoms with Crippen molar-refractivity contribution in [3.63, 3.8) is 0 Å². The fraction of sp³-hybridized carbons (Fsp3) is 0.0800. The van der Waals surface area contributed by atoms with Gasteiger partial charge in [-0.3, -0.25) is 0 Å². The van der Waals surface area contributed by atoms with Crippen molar-refractivity contribution in [3.8, 4) is 72.4 Å². The van der Waals surface area contributed by atoms with E-state index >= 15 is 0 Å². The second kappa shape index (κ2) is 23.5. The summed E-state index contributed by atoms with van der Waals surface area (Å²) in [4.78, 5) is 5.45. The zero-order chi connectivity index (χ0) is 69.7. The Balaban J connectivity index is 0.988. The number of aromatic nitrogens is 1. The van der Waals surface area contributed by atoms with Crippen LogP contribution in [0.5, 0.6) is 0 Å². The summed E-state index contributed by atoms with van der Waals surface area (Å²) in [5.74, 6) is 0. The minimum atomic E-state index is -0.264. The van der Waals surface area contributed by atoms with Crippen molar-refractivity contribution < 1.29 is 0 Å². The maximum Gasteiger partial charge on any atom is 0.252 e. The van der Waals surface area contributed by atoms with Crippen LogP contribution in [0.4, 0.5) is 34.1 Å². The Morgan fingerprint density at radius 3 is 1.12 bits per heavy atom. The van der Waals surface area contributed by atoms with Gasteiger partial charge in [0.05, 0.1) is 28.1 Å². The Morgan fingerprint density at radius 1 is 0.250 bits per heavy atom. The number of hydrogen-bond acceptors (Lipinski definition) is 2. The van der Waals surface area contributed by atoms with Gasteiger partial charge in [0, 0.05) is 55.8 Å². The lowest BCUT2D eigenvalue weighted by Gasteiger charge is -2.46. The highest BCUT2D eigenvalue weighted by molar-refractivity contribution is 7.00. The highest BCUT2D eigenvalue weighted by Gasteiger charge is 2.46. The number of rotatable bonds is 9.